The molecule has 14 nitrogen and oxygen atoms in total. The van der Waals surface area contributed by atoms with Crippen molar-refractivity contribution in [1.29, 1.82) is 0 Å². The highest BCUT2D eigenvalue weighted by atomic mass is 16.5. The van der Waals surface area contributed by atoms with Crippen LogP contribution in [0.2, 0.25) is 0 Å². The molecule has 3 aromatic heterocycles. The number of benzene rings is 1. The van der Waals surface area contributed by atoms with Gasteiger partial charge in [0, 0.05) is 90.9 Å². The van der Waals surface area contributed by atoms with Gasteiger partial charge in [0.05, 0.1) is 11.0 Å². The van der Waals surface area contributed by atoms with E-state index in [1.54, 1.807) is 17.9 Å². The maximum Gasteiger partial charge on any atom is 0.329 e. The van der Waals surface area contributed by atoms with Crippen LogP contribution in [0, 0.1) is 0 Å². The minimum atomic E-state index is -0.666. The lowest BCUT2D eigenvalue weighted by Crippen LogP contribution is -2.51. The fourth-order valence-electron chi connectivity index (χ4n) is 9.22. The monoisotopic (exact) mass is 741 g/mol. The minimum absolute atomic E-state index is 0.234. The predicted octanol–water partition coefficient (Wildman–Crippen LogP) is 3.63. The van der Waals surface area contributed by atoms with Crippen molar-refractivity contribution in [2.45, 2.75) is 94.7 Å². The zero-order chi connectivity index (χ0) is 37.0. The molecule has 54 heavy (non-hydrogen) atoms. The Morgan fingerprint density at radius 2 is 1.72 bits per heavy atom. The van der Waals surface area contributed by atoms with Crippen LogP contribution >= 0.6 is 0 Å². The third-order valence-electron chi connectivity index (χ3n) is 12.3. The molecule has 2 amide bonds. The molecule has 3 saturated heterocycles. The van der Waals surface area contributed by atoms with Gasteiger partial charge in [-0.05, 0) is 99.5 Å². The molecule has 1 aromatic carbocycles. The van der Waals surface area contributed by atoms with Gasteiger partial charge in [-0.25, -0.2) is 14.3 Å². The van der Waals surface area contributed by atoms with Crippen LogP contribution in [0.4, 0.5) is 5.82 Å². The second kappa shape index (κ2) is 16.7. The number of hydrogen-bond donors (Lipinski definition) is 2. The number of imidazole rings is 1. The summed E-state index contributed by atoms with van der Waals surface area (Å²) in [4.78, 5) is 47.2. The van der Waals surface area contributed by atoms with Gasteiger partial charge in [0.1, 0.15) is 17.9 Å². The van der Waals surface area contributed by atoms with Gasteiger partial charge in [-0.2, -0.15) is 5.10 Å². The molecule has 4 fully saturated rings. The number of carbonyl (C=O) groups excluding carboxylic acids is 2. The number of piperazine rings is 1. The summed E-state index contributed by atoms with van der Waals surface area (Å²) in [7, 11) is 1.73. The number of nitrogens with one attached hydrogen (secondary N) is 2. The van der Waals surface area contributed by atoms with E-state index in [4.69, 9.17) is 14.5 Å². The Hall–Kier alpha value is -4.11. The maximum atomic E-state index is 13.0. The molecule has 4 aliphatic rings. The van der Waals surface area contributed by atoms with Crippen molar-refractivity contribution < 1.29 is 19.1 Å². The third-order valence-corrected chi connectivity index (χ3v) is 12.3. The Morgan fingerprint density at radius 3 is 2.52 bits per heavy atom. The van der Waals surface area contributed by atoms with Crippen molar-refractivity contribution in [2.75, 3.05) is 64.5 Å². The Bertz CT molecular complexity index is 1980. The average Bonchev–Trinajstić information content (AvgIpc) is 3.74. The molecule has 1 atom stereocenters. The Labute approximate surface area is 316 Å². The van der Waals surface area contributed by atoms with E-state index in [1.165, 1.54) is 23.0 Å². The molecule has 6 heterocycles. The summed E-state index contributed by atoms with van der Waals surface area (Å²) < 4.78 is 16.7. The number of nitrogens with zero attached hydrogens (tertiary/aromatic N) is 7. The summed E-state index contributed by atoms with van der Waals surface area (Å²) in [5, 5.41) is 10.7. The number of amides is 2. The number of aromatic nitrogens is 5. The zero-order valence-electron chi connectivity index (χ0n) is 31.6. The van der Waals surface area contributed by atoms with Gasteiger partial charge in [0.15, 0.2) is 5.82 Å². The van der Waals surface area contributed by atoms with Crippen molar-refractivity contribution in [1.82, 2.24) is 38.8 Å². The predicted molar refractivity (Wildman–Crippen MR) is 206 cm³/mol. The first-order valence-corrected chi connectivity index (χ1v) is 20.2. The molecule has 1 saturated carbocycles. The topological polar surface area (TPSA) is 140 Å². The van der Waals surface area contributed by atoms with Crippen molar-refractivity contribution in [2.24, 2.45) is 7.05 Å². The number of rotatable bonds is 13. The quantitative estimate of drug-likeness (QED) is 0.154. The van der Waals surface area contributed by atoms with Gasteiger partial charge < -0.3 is 19.7 Å². The summed E-state index contributed by atoms with van der Waals surface area (Å²) in [5.74, 6) is 0.785. The number of ether oxygens (including phenoxy) is 2. The molecule has 4 aromatic rings. The van der Waals surface area contributed by atoms with Gasteiger partial charge in [-0.15, -0.1) is 0 Å². The molecule has 0 radical (unpaired) electrons. The zero-order valence-corrected chi connectivity index (χ0v) is 31.6. The van der Waals surface area contributed by atoms with E-state index in [-0.39, 0.29) is 18.0 Å². The number of imide groups is 1. The Balaban J connectivity index is 0.719. The van der Waals surface area contributed by atoms with Gasteiger partial charge >= 0.3 is 5.69 Å². The first kappa shape index (κ1) is 36.8. The van der Waals surface area contributed by atoms with Crippen LogP contribution in [-0.4, -0.2) is 117 Å². The van der Waals surface area contributed by atoms with Gasteiger partial charge in [0.25, 0.3) is 0 Å². The molecule has 1 aliphatic carbocycles. The van der Waals surface area contributed by atoms with Gasteiger partial charge in [-0.3, -0.25) is 28.9 Å². The van der Waals surface area contributed by atoms with Crippen molar-refractivity contribution in [3.63, 3.8) is 0 Å². The van der Waals surface area contributed by atoms with E-state index in [9.17, 15) is 14.4 Å². The van der Waals surface area contributed by atoms with E-state index in [1.807, 2.05) is 22.7 Å². The second-order valence-corrected chi connectivity index (χ2v) is 15.7. The smallest absolute Gasteiger partial charge is 0.329 e. The largest absolute Gasteiger partial charge is 0.381 e. The first-order valence-electron chi connectivity index (χ1n) is 20.2. The number of fused-ring (bicyclic) bond motifs is 2. The molecule has 2 N–H and O–H groups in total. The standard InChI is InChI=1S/C40H55N9O5/c1-45-35-26-28(5-10-33(35)49(40(45)52)34-11-12-36(50)44-39(34)51)4-2-22-53-23-3-16-46-18-20-47(21-19-46)31-8-6-30(7-9-31)43-38-37-32(29-14-24-54-25-15-29)13-17-48(37)42-27-41-38/h5,10,13,17,26-27,29-31,34H,2-4,6-9,11-12,14-16,18-25H2,1H3,(H,41,42,43)(H,44,50,51). The summed E-state index contributed by atoms with van der Waals surface area (Å²) in [6, 6.07) is 8.65. The lowest BCUT2D eigenvalue weighted by molar-refractivity contribution is -0.135. The summed E-state index contributed by atoms with van der Waals surface area (Å²) >= 11 is 0. The number of aryl methyl sites for hydroxylation is 2. The van der Waals surface area contributed by atoms with Crippen LogP contribution in [-0.2, 0) is 32.5 Å². The maximum absolute atomic E-state index is 13.0. The van der Waals surface area contributed by atoms with Crippen LogP contribution in [0.25, 0.3) is 16.6 Å². The lowest BCUT2D eigenvalue weighted by Gasteiger charge is -2.42. The number of piperidine rings is 1. The number of hydrogen-bond acceptors (Lipinski definition) is 10. The fraction of sp³-hybridized carbons (Fsp3) is 0.625. The van der Waals surface area contributed by atoms with Crippen LogP contribution in [0.5, 0.6) is 0 Å². The fourth-order valence-corrected chi connectivity index (χ4v) is 9.22. The lowest BCUT2D eigenvalue weighted by atomic mass is 9.89. The Morgan fingerprint density at radius 1 is 0.926 bits per heavy atom. The number of anilines is 1. The molecule has 0 bridgehead atoms. The number of carbonyl (C=O) groups is 2. The normalized spacial score (nSPS) is 23.7. The molecule has 3 aliphatic heterocycles. The van der Waals surface area contributed by atoms with E-state index in [0.29, 0.717) is 31.0 Å². The van der Waals surface area contributed by atoms with Crippen molar-refractivity contribution >= 4 is 34.2 Å². The molecular weight excluding hydrogens is 686 g/mol. The minimum Gasteiger partial charge on any atom is -0.381 e. The highest BCUT2D eigenvalue weighted by molar-refractivity contribution is 6.00. The van der Waals surface area contributed by atoms with Crippen LogP contribution < -0.4 is 16.3 Å². The van der Waals surface area contributed by atoms with Crippen LogP contribution in [0.3, 0.4) is 0 Å². The van der Waals surface area contributed by atoms with E-state index in [0.717, 1.165) is 125 Å². The van der Waals surface area contributed by atoms with E-state index < -0.39 is 11.9 Å². The van der Waals surface area contributed by atoms with Crippen LogP contribution in [0.1, 0.15) is 87.3 Å². The second-order valence-electron chi connectivity index (χ2n) is 15.7. The van der Waals surface area contributed by atoms with Gasteiger partial charge in [0.2, 0.25) is 11.8 Å². The van der Waals surface area contributed by atoms with Crippen molar-refractivity contribution in [3.05, 3.63) is 58.4 Å². The van der Waals surface area contributed by atoms with E-state index >= 15 is 0 Å². The molecule has 14 heteroatoms. The average molecular weight is 742 g/mol. The molecular formula is C40H55N9O5. The highest BCUT2D eigenvalue weighted by Gasteiger charge is 2.32. The summed E-state index contributed by atoms with van der Waals surface area (Å²) in [6.45, 7) is 8.71. The summed E-state index contributed by atoms with van der Waals surface area (Å²) in [5.41, 5.74) is 4.89. The summed E-state index contributed by atoms with van der Waals surface area (Å²) in [6.07, 6.45) is 14.0. The molecule has 290 valence electrons. The van der Waals surface area contributed by atoms with Crippen LogP contribution in [0.15, 0.2) is 41.6 Å². The molecule has 0 spiro atoms. The first-order chi connectivity index (χ1) is 26.4. The van der Waals surface area contributed by atoms with Gasteiger partial charge in [-0.1, -0.05) is 6.07 Å². The van der Waals surface area contributed by atoms with Crippen molar-refractivity contribution in [3.8, 4) is 0 Å². The SMILES string of the molecule is Cn1c(=O)n(C2CCC(=O)NC2=O)c2ccc(CCCOCCCN3CCN(C4CCC(Nc5ncnn6ccc(C7CCOCC7)c56)CC4)CC3)cc21. The highest BCUT2D eigenvalue weighted by Crippen LogP contribution is 2.34. The third kappa shape index (κ3) is 7.98. The Kier molecular flexibility index (Phi) is 11.4. The molecule has 8 rings (SSSR count). The van der Waals surface area contributed by atoms with E-state index in [2.05, 4.69) is 37.8 Å². The molecule has 1 unspecified atom stereocenters.